The van der Waals surface area contributed by atoms with Gasteiger partial charge in [-0.15, -0.1) is 0 Å². The van der Waals surface area contributed by atoms with E-state index in [1.807, 2.05) is 36.5 Å². The molecule has 0 radical (unpaired) electrons. The molecule has 22 heavy (non-hydrogen) atoms. The van der Waals surface area contributed by atoms with Gasteiger partial charge in [0, 0.05) is 24.0 Å². The van der Waals surface area contributed by atoms with Crippen molar-refractivity contribution in [2.75, 3.05) is 18.4 Å². The zero-order valence-corrected chi connectivity index (χ0v) is 12.5. The lowest BCUT2D eigenvalue weighted by Crippen LogP contribution is -2.31. The highest BCUT2D eigenvalue weighted by Crippen LogP contribution is 2.58. The highest BCUT2D eigenvalue weighted by molar-refractivity contribution is 5.95. The third kappa shape index (κ3) is 2.41. The van der Waals surface area contributed by atoms with Gasteiger partial charge >= 0.3 is 0 Å². The maximum absolute atomic E-state index is 12.5. The van der Waals surface area contributed by atoms with E-state index < -0.39 is 0 Å². The fourth-order valence-electron chi connectivity index (χ4n) is 3.57. The summed E-state index contributed by atoms with van der Waals surface area (Å²) < 4.78 is 1.79. The van der Waals surface area contributed by atoms with E-state index in [0.29, 0.717) is 0 Å². The molecule has 1 atom stereocenters. The summed E-state index contributed by atoms with van der Waals surface area (Å²) in [6.45, 7) is 2.08. The van der Waals surface area contributed by atoms with Gasteiger partial charge in [0.25, 0.3) is 0 Å². The number of piperidine rings is 1. The lowest BCUT2D eigenvalue weighted by Gasteiger charge is -2.23. The Morgan fingerprint density at radius 3 is 2.95 bits per heavy atom. The maximum Gasteiger partial charge on any atom is 0.228 e. The van der Waals surface area contributed by atoms with Crippen LogP contribution in [0.3, 0.4) is 0 Å². The van der Waals surface area contributed by atoms with Gasteiger partial charge in [-0.25, -0.2) is 4.68 Å². The molecule has 2 aliphatic rings. The van der Waals surface area contributed by atoms with Crippen molar-refractivity contribution in [3.8, 4) is 5.69 Å². The van der Waals surface area contributed by atoms with Crippen molar-refractivity contribution in [1.82, 2.24) is 15.1 Å². The lowest BCUT2D eigenvalue weighted by atomic mass is 9.92. The van der Waals surface area contributed by atoms with Crippen molar-refractivity contribution in [2.45, 2.75) is 19.3 Å². The van der Waals surface area contributed by atoms with E-state index in [9.17, 15) is 4.79 Å². The van der Waals surface area contributed by atoms with E-state index in [-0.39, 0.29) is 17.2 Å². The smallest absolute Gasteiger partial charge is 0.228 e. The molecule has 1 saturated carbocycles. The summed E-state index contributed by atoms with van der Waals surface area (Å²) in [6.07, 6.45) is 6.93. The minimum atomic E-state index is 0.166. The van der Waals surface area contributed by atoms with Crippen LogP contribution in [0, 0.1) is 11.3 Å². The molecule has 1 amide bonds. The summed E-state index contributed by atoms with van der Waals surface area (Å²) in [5.41, 5.74) is 2.07. The van der Waals surface area contributed by atoms with E-state index in [1.54, 1.807) is 10.9 Å². The summed E-state index contributed by atoms with van der Waals surface area (Å²) in [5.74, 6) is 0.350. The van der Waals surface area contributed by atoms with Gasteiger partial charge in [0.2, 0.25) is 5.91 Å². The average molecular weight is 296 g/mol. The van der Waals surface area contributed by atoms with E-state index >= 15 is 0 Å². The number of anilines is 1. The van der Waals surface area contributed by atoms with Crippen molar-refractivity contribution in [3.63, 3.8) is 0 Å². The summed E-state index contributed by atoms with van der Waals surface area (Å²) in [5, 5.41) is 10.7. The van der Waals surface area contributed by atoms with E-state index in [1.165, 1.54) is 0 Å². The number of nitrogens with one attached hydrogen (secondary N) is 2. The van der Waals surface area contributed by atoms with Crippen LogP contribution in [0.1, 0.15) is 19.3 Å². The van der Waals surface area contributed by atoms with Crippen LogP contribution in [-0.2, 0) is 4.79 Å². The second-order valence-electron chi connectivity index (χ2n) is 6.36. The van der Waals surface area contributed by atoms with E-state index in [4.69, 9.17) is 0 Å². The van der Waals surface area contributed by atoms with Crippen LogP contribution in [0.5, 0.6) is 0 Å². The Morgan fingerprint density at radius 1 is 1.32 bits per heavy atom. The van der Waals surface area contributed by atoms with Crippen LogP contribution in [0.2, 0.25) is 0 Å². The van der Waals surface area contributed by atoms with Gasteiger partial charge < -0.3 is 10.6 Å². The SMILES string of the molecule is O=C(Nc1cccc(-n2cccn2)c1)C1CC12CCNCC2. The monoisotopic (exact) mass is 296 g/mol. The topological polar surface area (TPSA) is 59.0 Å². The van der Waals surface area contributed by atoms with Crippen LogP contribution in [0.15, 0.2) is 42.7 Å². The zero-order chi connectivity index (χ0) is 15.0. The number of benzene rings is 1. The average Bonchev–Trinajstić information content (AvgIpc) is 3.00. The molecular weight excluding hydrogens is 276 g/mol. The minimum Gasteiger partial charge on any atom is -0.326 e. The van der Waals surface area contributed by atoms with Gasteiger partial charge in [0.15, 0.2) is 0 Å². The Kier molecular flexibility index (Phi) is 3.22. The standard InChI is InChI=1S/C17H20N4O/c22-16(15-12-17(15)5-8-18-9-6-17)20-13-3-1-4-14(11-13)21-10-2-7-19-21/h1-4,7,10-11,15,18H,5-6,8-9,12H2,(H,20,22). The minimum absolute atomic E-state index is 0.166. The molecule has 1 aliphatic carbocycles. The van der Waals surface area contributed by atoms with Crippen molar-refractivity contribution < 1.29 is 4.79 Å². The third-order valence-electron chi connectivity index (χ3n) is 4.99. The van der Waals surface area contributed by atoms with Crippen molar-refractivity contribution in [1.29, 1.82) is 0 Å². The molecule has 4 rings (SSSR count). The number of hydrogen-bond donors (Lipinski definition) is 2. The molecule has 1 unspecified atom stereocenters. The Labute approximate surface area is 129 Å². The van der Waals surface area contributed by atoms with Crippen LogP contribution >= 0.6 is 0 Å². The third-order valence-corrected chi connectivity index (χ3v) is 4.99. The van der Waals surface area contributed by atoms with Gasteiger partial charge in [-0.1, -0.05) is 6.07 Å². The molecule has 1 aliphatic heterocycles. The van der Waals surface area contributed by atoms with Crippen LogP contribution in [-0.4, -0.2) is 28.8 Å². The summed E-state index contributed by atoms with van der Waals surface area (Å²) in [6, 6.07) is 9.70. The first-order valence-electron chi connectivity index (χ1n) is 7.89. The Balaban J connectivity index is 1.45. The van der Waals surface area contributed by atoms with Crippen molar-refractivity contribution >= 4 is 11.6 Å². The summed E-state index contributed by atoms with van der Waals surface area (Å²) in [7, 11) is 0. The molecule has 2 fully saturated rings. The van der Waals surface area contributed by atoms with Gasteiger partial charge in [0.05, 0.1) is 5.69 Å². The molecular formula is C17H20N4O. The Bertz CT molecular complexity index is 674. The molecule has 114 valence electrons. The van der Waals surface area contributed by atoms with Gasteiger partial charge in [-0.3, -0.25) is 4.79 Å². The summed E-state index contributed by atoms with van der Waals surface area (Å²) in [4.78, 5) is 12.5. The van der Waals surface area contributed by atoms with Crippen LogP contribution in [0.25, 0.3) is 5.69 Å². The number of amides is 1. The zero-order valence-electron chi connectivity index (χ0n) is 12.5. The quantitative estimate of drug-likeness (QED) is 0.913. The van der Waals surface area contributed by atoms with Crippen LogP contribution in [0.4, 0.5) is 5.69 Å². The predicted molar refractivity (Wildman–Crippen MR) is 84.8 cm³/mol. The Hall–Kier alpha value is -2.14. The molecule has 1 spiro atoms. The number of rotatable bonds is 3. The van der Waals surface area contributed by atoms with Crippen LogP contribution < -0.4 is 10.6 Å². The normalized spacial score (nSPS) is 22.5. The maximum atomic E-state index is 12.5. The molecule has 1 aromatic carbocycles. The molecule has 2 heterocycles. The lowest BCUT2D eigenvalue weighted by molar-refractivity contribution is -0.118. The van der Waals surface area contributed by atoms with Gasteiger partial charge in [-0.2, -0.15) is 5.10 Å². The predicted octanol–water partition coefficient (Wildman–Crippen LogP) is 2.20. The molecule has 0 bridgehead atoms. The van der Waals surface area contributed by atoms with Gasteiger partial charge in [-0.05, 0) is 62.0 Å². The fourth-order valence-corrected chi connectivity index (χ4v) is 3.57. The number of carbonyl (C=O) groups is 1. The molecule has 5 heteroatoms. The van der Waals surface area contributed by atoms with Crippen molar-refractivity contribution in [2.24, 2.45) is 11.3 Å². The molecule has 5 nitrogen and oxygen atoms in total. The first-order valence-corrected chi connectivity index (χ1v) is 7.89. The number of carbonyl (C=O) groups excluding carboxylic acids is 1. The highest BCUT2D eigenvalue weighted by Gasteiger charge is 2.57. The molecule has 2 N–H and O–H groups in total. The second kappa shape index (κ2) is 5.25. The fraction of sp³-hybridized carbons (Fsp3) is 0.412. The summed E-state index contributed by atoms with van der Waals surface area (Å²) >= 11 is 0. The number of nitrogens with zero attached hydrogens (tertiary/aromatic N) is 2. The first kappa shape index (κ1) is 13.5. The Morgan fingerprint density at radius 2 is 2.18 bits per heavy atom. The van der Waals surface area contributed by atoms with E-state index in [2.05, 4.69) is 15.7 Å². The first-order chi connectivity index (χ1) is 10.8. The van der Waals surface area contributed by atoms with Gasteiger partial charge in [0.1, 0.15) is 0 Å². The van der Waals surface area contributed by atoms with Crippen molar-refractivity contribution in [3.05, 3.63) is 42.7 Å². The highest BCUT2D eigenvalue weighted by atomic mass is 16.2. The number of hydrogen-bond acceptors (Lipinski definition) is 3. The molecule has 1 saturated heterocycles. The second-order valence-corrected chi connectivity index (χ2v) is 6.36. The van der Waals surface area contributed by atoms with E-state index in [0.717, 1.165) is 43.7 Å². The molecule has 1 aromatic heterocycles. The molecule has 2 aromatic rings. The number of aromatic nitrogens is 2. The largest absolute Gasteiger partial charge is 0.326 e.